The van der Waals surface area contributed by atoms with E-state index < -0.39 is 11.1 Å². The molecule has 1 atom stereocenters. The van der Waals surface area contributed by atoms with Crippen LogP contribution >= 0.6 is 0 Å². The van der Waals surface area contributed by atoms with Gasteiger partial charge >= 0.3 is 0 Å². The lowest BCUT2D eigenvalue weighted by molar-refractivity contribution is -0.121. The van der Waals surface area contributed by atoms with Crippen molar-refractivity contribution in [3.05, 3.63) is 47.5 Å². The van der Waals surface area contributed by atoms with Crippen LogP contribution in [0.2, 0.25) is 0 Å². The standard InChI is InChI=1S/C17H21NO3S/c1-2-4-17(19)18-10-9-15-6-3-5-14-8-7-13(11-16(14)15)12-22(20)21/h3,5-8,11H,2,4,9-10,12H2,1H3,(H,18,19)(H,20,21). The summed E-state index contributed by atoms with van der Waals surface area (Å²) in [6, 6.07) is 11.9. The van der Waals surface area contributed by atoms with Gasteiger partial charge in [0.15, 0.2) is 11.1 Å². The number of rotatable bonds is 7. The van der Waals surface area contributed by atoms with Crippen LogP contribution in [-0.4, -0.2) is 21.2 Å². The molecule has 2 N–H and O–H groups in total. The topological polar surface area (TPSA) is 66.4 Å². The SMILES string of the molecule is CCCC(=O)NCCc1cccc2ccc(CS(=O)O)cc12. The van der Waals surface area contributed by atoms with Crippen molar-refractivity contribution in [3.63, 3.8) is 0 Å². The Bertz CT molecular complexity index is 685. The maximum Gasteiger partial charge on any atom is 0.219 e. The summed E-state index contributed by atoms with van der Waals surface area (Å²) in [4.78, 5) is 11.5. The van der Waals surface area contributed by atoms with Gasteiger partial charge in [0.1, 0.15) is 0 Å². The quantitative estimate of drug-likeness (QED) is 0.771. The number of carbonyl (C=O) groups is 1. The molecule has 0 fully saturated rings. The van der Waals surface area contributed by atoms with E-state index in [9.17, 15) is 9.00 Å². The molecule has 0 bridgehead atoms. The molecule has 1 unspecified atom stereocenters. The van der Waals surface area contributed by atoms with Crippen LogP contribution in [0.25, 0.3) is 10.8 Å². The smallest absolute Gasteiger partial charge is 0.219 e. The van der Waals surface area contributed by atoms with Gasteiger partial charge in [-0.25, -0.2) is 4.21 Å². The number of hydrogen-bond donors (Lipinski definition) is 2. The van der Waals surface area contributed by atoms with Gasteiger partial charge in [0.25, 0.3) is 0 Å². The maximum absolute atomic E-state index is 11.5. The van der Waals surface area contributed by atoms with Gasteiger partial charge in [-0.1, -0.05) is 37.3 Å². The van der Waals surface area contributed by atoms with E-state index in [1.54, 1.807) is 0 Å². The molecule has 4 nitrogen and oxygen atoms in total. The second kappa shape index (κ2) is 8.06. The van der Waals surface area contributed by atoms with Crippen molar-refractivity contribution >= 4 is 27.8 Å². The molecule has 0 radical (unpaired) electrons. The average Bonchev–Trinajstić information content (AvgIpc) is 2.47. The number of carbonyl (C=O) groups excluding carboxylic acids is 1. The van der Waals surface area contributed by atoms with Gasteiger partial charge in [0.05, 0.1) is 5.75 Å². The highest BCUT2D eigenvalue weighted by Gasteiger charge is 2.05. The monoisotopic (exact) mass is 319 g/mol. The second-order valence-corrected chi connectivity index (χ2v) is 6.22. The molecule has 2 rings (SSSR count). The zero-order valence-electron chi connectivity index (χ0n) is 12.7. The van der Waals surface area contributed by atoms with Gasteiger partial charge in [0, 0.05) is 13.0 Å². The normalized spacial score (nSPS) is 12.3. The number of hydrogen-bond acceptors (Lipinski definition) is 2. The van der Waals surface area contributed by atoms with Crippen molar-refractivity contribution in [2.24, 2.45) is 0 Å². The fraction of sp³-hybridized carbons (Fsp3) is 0.353. The highest BCUT2D eigenvalue weighted by atomic mass is 32.2. The zero-order valence-corrected chi connectivity index (χ0v) is 13.5. The summed E-state index contributed by atoms with van der Waals surface area (Å²) >= 11 is -1.84. The van der Waals surface area contributed by atoms with Crippen LogP contribution in [-0.2, 0) is 28.0 Å². The Morgan fingerprint density at radius 3 is 2.82 bits per heavy atom. The summed E-state index contributed by atoms with van der Waals surface area (Å²) in [5.41, 5.74) is 1.98. The van der Waals surface area contributed by atoms with Gasteiger partial charge in [-0.3, -0.25) is 4.79 Å². The molecule has 118 valence electrons. The number of amides is 1. The highest BCUT2D eigenvalue weighted by Crippen LogP contribution is 2.21. The fourth-order valence-electron chi connectivity index (χ4n) is 2.49. The van der Waals surface area contributed by atoms with Crippen molar-refractivity contribution in [2.75, 3.05) is 6.54 Å². The zero-order chi connectivity index (χ0) is 15.9. The Balaban J connectivity index is 2.14. The first-order chi connectivity index (χ1) is 10.6. The molecule has 2 aromatic rings. The molecule has 0 aliphatic rings. The third-order valence-corrected chi connectivity index (χ3v) is 4.10. The minimum atomic E-state index is -1.84. The fourth-order valence-corrected chi connectivity index (χ4v) is 2.95. The van der Waals surface area contributed by atoms with E-state index >= 15 is 0 Å². The molecule has 0 aromatic heterocycles. The first-order valence-electron chi connectivity index (χ1n) is 7.45. The summed E-state index contributed by atoms with van der Waals surface area (Å²) in [6.45, 7) is 2.59. The predicted octanol–water partition coefficient (Wildman–Crippen LogP) is 3.02. The lowest BCUT2D eigenvalue weighted by atomic mass is 10.0. The van der Waals surface area contributed by atoms with Crippen LogP contribution in [0.1, 0.15) is 30.9 Å². The van der Waals surface area contributed by atoms with Gasteiger partial charge in [-0.15, -0.1) is 0 Å². The van der Waals surface area contributed by atoms with E-state index in [1.807, 2.05) is 43.3 Å². The van der Waals surface area contributed by atoms with Gasteiger partial charge in [0.2, 0.25) is 5.91 Å². The summed E-state index contributed by atoms with van der Waals surface area (Å²) < 4.78 is 20.0. The van der Waals surface area contributed by atoms with Gasteiger partial charge in [-0.05, 0) is 40.8 Å². The number of benzene rings is 2. The van der Waals surface area contributed by atoms with E-state index in [4.69, 9.17) is 4.55 Å². The average molecular weight is 319 g/mol. The Morgan fingerprint density at radius 1 is 1.27 bits per heavy atom. The van der Waals surface area contributed by atoms with E-state index in [0.29, 0.717) is 13.0 Å². The Labute approximate surface area is 133 Å². The molecule has 2 aromatic carbocycles. The van der Waals surface area contributed by atoms with E-state index in [2.05, 4.69) is 5.32 Å². The lowest BCUT2D eigenvalue weighted by Crippen LogP contribution is -2.25. The summed E-state index contributed by atoms with van der Waals surface area (Å²) in [5.74, 6) is 0.219. The van der Waals surface area contributed by atoms with Crippen molar-refractivity contribution in [1.29, 1.82) is 0 Å². The van der Waals surface area contributed by atoms with E-state index in [1.165, 1.54) is 0 Å². The van der Waals surface area contributed by atoms with Crippen LogP contribution < -0.4 is 5.32 Å². The van der Waals surface area contributed by atoms with Crippen LogP contribution in [0.5, 0.6) is 0 Å². The summed E-state index contributed by atoms with van der Waals surface area (Å²) in [7, 11) is 0. The molecule has 0 aliphatic carbocycles. The van der Waals surface area contributed by atoms with Crippen LogP contribution in [0, 0.1) is 0 Å². The Morgan fingerprint density at radius 2 is 2.09 bits per heavy atom. The minimum absolute atomic E-state index is 0.0825. The third kappa shape index (κ3) is 4.64. The number of nitrogens with one attached hydrogen (secondary N) is 1. The molecule has 0 heterocycles. The molecule has 0 spiro atoms. The maximum atomic E-state index is 11.5. The largest absolute Gasteiger partial charge is 0.356 e. The van der Waals surface area contributed by atoms with Crippen molar-refractivity contribution in [3.8, 4) is 0 Å². The van der Waals surface area contributed by atoms with Gasteiger partial charge in [-0.2, -0.15) is 0 Å². The van der Waals surface area contributed by atoms with E-state index in [0.717, 1.165) is 34.7 Å². The van der Waals surface area contributed by atoms with Crippen LogP contribution in [0.3, 0.4) is 0 Å². The molecule has 5 heteroatoms. The predicted molar refractivity (Wildman–Crippen MR) is 90.0 cm³/mol. The van der Waals surface area contributed by atoms with Crippen molar-refractivity contribution in [1.82, 2.24) is 5.32 Å². The summed E-state index contributed by atoms with van der Waals surface area (Å²) in [5, 5.41) is 5.10. The first kappa shape index (κ1) is 16.6. The number of fused-ring (bicyclic) bond motifs is 1. The van der Waals surface area contributed by atoms with Crippen LogP contribution in [0.15, 0.2) is 36.4 Å². The minimum Gasteiger partial charge on any atom is -0.356 e. The Hall–Kier alpha value is -1.72. The molecule has 0 saturated heterocycles. The molecular weight excluding hydrogens is 298 g/mol. The van der Waals surface area contributed by atoms with Crippen molar-refractivity contribution in [2.45, 2.75) is 31.9 Å². The molecule has 22 heavy (non-hydrogen) atoms. The highest BCUT2D eigenvalue weighted by molar-refractivity contribution is 7.78. The third-order valence-electron chi connectivity index (χ3n) is 3.52. The van der Waals surface area contributed by atoms with Crippen LogP contribution in [0.4, 0.5) is 0 Å². The first-order valence-corrected chi connectivity index (χ1v) is 8.72. The molecule has 1 amide bonds. The summed E-state index contributed by atoms with van der Waals surface area (Å²) in [6.07, 6.45) is 2.15. The molecule has 0 saturated carbocycles. The molecule has 0 aliphatic heterocycles. The van der Waals surface area contributed by atoms with Gasteiger partial charge < -0.3 is 9.87 Å². The second-order valence-electron chi connectivity index (χ2n) is 5.29. The lowest BCUT2D eigenvalue weighted by Gasteiger charge is -2.09. The molecular formula is C17H21NO3S. The van der Waals surface area contributed by atoms with Crippen molar-refractivity contribution < 1.29 is 13.6 Å². The Kier molecular flexibility index (Phi) is 6.10. The van der Waals surface area contributed by atoms with E-state index in [-0.39, 0.29) is 11.7 Å².